The van der Waals surface area contributed by atoms with Crippen molar-refractivity contribution in [3.8, 4) is 0 Å². The normalized spacial score (nSPS) is 11.2. The summed E-state index contributed by atoms with van der Waals surface area (Å²) in [5, 5.41) is 0.781. The number of aryl methyl sites for hydroxylation is 1. The van der Waals surface area contributed by atoms with Crippen LogP contribution in [0.15, 0.2) is 35.6 Å². The van der Waals surface area contributed by atoms with Gasteiger partial charge in [-0.3, -0.25) is 9.78 Å². The second-order valence-electron chi connectivity index (χ2n) is 3.60. The molecule has 0 aliphatic heterocycles. The summed E-state index contributed by atoms with van der Waals surface area (Å²) in [6.07, 6.45) is 4.71. The number of thiazole rings is 1. The molecule has 100 valence electrons. The van der Waals surface area contributed by atoms with Crippen molar-refractivity contribution in [1.29, 1.82) is 0 Å². The average Bonchev–Trinajstić information content (AvgIpc) is 2.88. The molecule has 0 aliphatic rings. The highest BCUT2D eigenvalue weighted by Gasteiger charge is 2.20. The van der Waals surface area contributed by atoms with E-state index in [0.717, 1.165) is 5.01 Å². The molecule has 0 saturated heterocycles. The first-order chi connectivity index (χ1) is 9.03. The summed E-state index contributed by atoms with van der Waals surface area (Å²) in [6.45, 7) is 1.91. The number of rotatable bonds is 4. The van der Waals surface area contributed by atoms with E-state index < -0.39 is 15.9 Å². The topological polar surface area (TPSA) is 89.0 Å². The van der Waals surface area contributed by atoms with Crippen LogP contribution in [0.1, 0.15) is 21.6 Å². The molecule has 1 N–H and O–H groups in total. The van der Waals surface area contributed by atoms with Crippen LogP contribution >= 0.6 is 11.3 Å². The van der Waals surface area contributed by atoms with Gasteiger partial charge < -0.3 is 0 Å². The van der Waals surface area contributed by atoms with Crippen molar-refractivity contribution < 1.29 is 13.2 Å². The molecule has 0 fully saturated rings. The Balaban J connectivity index is 2.19. The number of pyridine rings is 1. The zero-order chi connectivity index (χ0) is 13.9. The molecule has 0 aromatic carbocycles. The van der Waals surface area contributed by atoms with Gasteiger partial charge in [0.2, 0.25) is 0 Å². The van der Waals surface area contributed by atoms with Gasteiger partial charge in [0.1, 0.15) is 9.77 Å². The molecule has 2 rings (SSSR count). The summed E-state index contributed by atoms with van der Waals surface area (Å²) in [5.41, 5.74) is 0. The van der Waals surface area contributed by atoms with Gasteiger partial charge in [-0.2, -0.15) is 0 Å². The third kappa shape index (κ3) is 3.15. The van der Waals surface area contributed by atoms with E-state index in [1.807, 2.05) is 11.6 Å². The first kappa shape index (κ1) is 13.6. The highest BCUT2D eigenvalue weighted by Crippen LogP contribution is 2.14. The van der Waals surface area contributed by atoms with Crippen LogP contribution in [-0.4, -0.2) is 24.3 Å². The van der Waals surface area contributed by atoms with Crippen molar-refractivity contribution in [2.75, 3.05) is 0 Å². The Kier molecular flexibility index (Phi) is 3.91. The fourth-order valence-electron chi connectivity index (χ4n) is 1.32. The molecule has 6 nitrogen and oxygen atoms in total. The van der Waals surface area contributed by atoms with Gasteiger partial charge in [0.15, 0.2) is 0 Å². The minimum absolute atomic E-state index is 0.0522. The van der Waals surface area contributed by atoms with Crippen molar-refractivity contribution in [2.24, 2.45) is 0 Å². The van der Waals surface area contributed by atoms with E-state index in [9.17, 15) is 13.2 Å². The van der Waals surface area contributed by atoms with Gasteiger partial charge in [0.05, 0.1) is 11.2 Å². The fourth-order valence-corrected chi connectivity index (χ4v) is 3.06. The lowest BCUT2D eigenvalue weighted by Crippen LogP contribution is -2.30. The molecule has 0 bridgehead atoms. The summed E-state index contributed by atoms with van der Waals surface area (Å²) < 4.78 is 25.8. The number of aromatic nitrogens is 2. The van der Waals surface area contributed by atoms with Crippen LogP contribution in [0.25, 0.3) is 0 Å². The van der Waals surface area contributed by atoms with Gasteiger partial charge in [0.25, 0.3) is 15.9 Å². The van der Waals surface area contributed by atoms with Gasteiger partial charge in [-0.1, -0.05) is 6.92 Å². The van der Waals surface area contributed by atoms with E-state index in [2.05, 4.69) is 9.97 Å². The van der Waals surface area contributed by atoms with E-state index in [1.165, 1.54) is 42.1 Å². The SMILES string of the molecule is CCc1ncc(C(=O)NS(=O)(=O)c2cccnc2)s1. The lowest BCUT2D eigenvalue weighted by Gasteiger charge is -2.04. The number of hydrogen-bond acceptors (Lipinski definition) is 6. The second-order valence-corrected chi connectivity index (χ2v) is 6.39. The highest BCUT2D eigenvalue weighted by molar-refractivity contribution is 7.90. The van der Waals surface area contributed by atoms with E-state index in [4.69, 9.17) is 0 Å². The maximum Gasteiger partial charge on any atom is 0.276 e. The van der Waals surface area contributed by atoms with Crippen LogP contribution < -0.4 is 4.72 Å². The second kappa shape index (κ2) is 5.45. The van der Waals surface area contributed by atoms with Crippen LogP contribution in [-0.2, 0) is 16.4 Å². The third-order valence-electron chi connectivity index (χ3n) is 2.25. The molecule has 2 heterocycles. The fraction of sp³-hybridized carbons (Fsp3) is 0.182. The minimum atomic E-state index is -3.89. The smallest absolute Gasteiger partial charge is 0.267 e. The van der Waals surface area contributed by atoms with Crippen LogP contribution in [0.3, 0.4) is 0 Å². The Morgan fingerprint density at radius 3 is 2.79 bits per heavy atom. The number of amides is 1. The maximum absolute atomic E-state index is 11.9. The van der Waals surface area contributed by atoms with Crippen molar-refractivity contribution in [3.05, 3.63) is 40.6 Å². The van der Waals surface area contributed by atoms with Gasteiger partial charge >= 0.3 is 0 Å². The first-order valence-electron chi connectivity index (χ1n) is 5.45. The molecule has 19 heavy (non-hydrogen) atoms. The highest BCUT2D eigenvalue weighted by atomic mass is 32.2. The summed E-state index contributed by atoms with van der Waals surface area (Å²) in [5.74, 6) is -0.680. The van der Waals surface area contributed by atoms with Gasteiger partial charge in [-0.05, 0) is 18.6 Å². The van der Waals surface area contributed by atoms with Gasteiger partial charge in [0, 0.05) is 12.4 Å². The summed E-state index contributed by atoms with van der Waals surface area (Å²) >= 11 is 1.17. The molecule has 0 atom stereocenters. The molecule has 2 aromatic rings. The number of sulfonamides is 1. The standard InChI is InChI=1S/C11H11N3O3S2/c1-2-10-13-7-9(18-10)11(15)14-19(16,17)8-4-3-5-12-6-8/h3-7H,2H2,1H3,(H,14,15). The summed E-state index contributed by atoms with van der Waals surface area (Å²) in [7, 11) is -3.89. The number of carbonyl (C=O) groups is 1. The lowest BCUT2D eigenvalue weighted by atomic mass is 10.5. The number of carbonyl (C=O) groups excluding carboxylic acids is 1. The largest absolute Gasteiger partial charge is 0.276 e. The molecule has 2 aromatic heterocycles. The molecule has 0 aliphatic carbocycles. The van der Waals surface area contributed by atoms with E-state index in [0.29, 0.717) is 6.42 Å². The Hall–Kier alpha value is -1.80. The van der Waals surface area contributed by atoms with E-state index >= 15 is 0 Å². The minimum Gasteiger partial charge on any atom is -0.267 e. The Labute approximate surface area is 114 Å². The number of nitrogens with zero attached hydrogens (tertiary/aromatic N) is 2. The van der Waals surface area contributed by atoms with Crippen molar-refractivity contribution in [3.63, 3.8) is 0 Å². The lowest BCUT2D eigenvalue weighted by molar-refractivity contribution is 0.0985. The van der Waals surface area contributed by atoms with Crippen molar-refractivity contribution >= 4 is 27.3 Å². The molecular weight excluding hydrogens is 286 g/mol. The van der Waals surface area contributed by atoms with Crippen molar-refractivity contribution in [1.82, 2.24) is 14.7 Å². The molecule has 0 unspecified atom stereocenters. The quantitative estimate of drug-likeness (QED) is 0.916. The van der Waals surface area contributed by atoms with Gasteiger partial charge in [-0.15, -0.1) is 11.3 Å². The van der Waals surface area contributed by atoms with Gasteiger partial charge in [-0.25, -0.2) is 18.1 Å². The van der Waals surface area contributed by atoms with Crippen LogP contribution in [0, 0.1) is 0 Å². The Bertz CT molecular complexity index is 680. The van der Waals surface area contributed by atoms with Crippen molar-refractivity contribution in [2.45, 2.75) is 18.2 Å². The predicted molar refractivity (Wildman–Crippen MR) is 70.4 cm³/mol. The number of hydrogen-bond donors (Lipinski definition) is 1. The Morgan fingerprint density at radius 2 is 2.21 bits per heavy atom. The summed E-state index contributed by atoms with van der Waals surface area (Å²) in [4.78, 5) is 19.8. The predicted octanol–water partition coefficient (Wildman–Crippen LogP) is 1.22. The monoisotopic (exact) mass is 297 g/mol. The molecule has 0 saturated carbocycles. The molecule has 8 heteroatoms. The van der Waals surface area contributed by atoms with E-state index in [-0.39, 0.29) is 9.77 Å². The first-order valence-corrected chi connectivity index (χ1v) is 7.75. The summed E-state index contributed by atoms with van der Waals surface area (Å²) in [6, 6.07) is 2.85. The average molecular weight is 297 g/mol. The Morgan fingerprint density at radius 1 is 1.42 bits per heavy atom. The zero-order valence-electron chi connectivity index (χ0n) is 10.0. The number of nitrogens with one attached hydrogen (secondary N) is 1. The van der Waals surface area contributed by atoms with E-state index in [1.54, 1.807) is 0 Å². The molecule has 0 spiro atoms. The molecule has 1 amide bonds. The molecular formula is C11H11N3O3S2. The van der Waals surface area contributed by atoms with Crippen LogP contribution in [0.4, 0.5) is 0 Å². The maximum atomic E-state index is 11.9. The molecule has 0 radical (unpaired) electrons. The van der Waals surface area contributed by atoms with Crippen LogP contribution in [0.5, 0.6) is 0 Å². The van der Waals surface area contributed by atoms with Crippen LogP contribution in [0.2, 0.25) is 0 Å². The zero-order valence-corrected chi connectivity index (χ0v) is 11.7. The third-order valence-corrected chi connectivity index (χ3v) is 4.71.